The summed E-state index contributed by atoms with van der Waals surface area (Å²) in [5.41, 5.74) is 2.07. The van der Waals surface area contributed by atoms with E-state index in [1.807, 2.05) is 54.6 Å². The first-order valence-electron chi connectivity index (χ1n) is 8.21. The average Bonchev–Trinajstić information content (AvgIpc) is 2.69. The molecule has 26 heavy (non-hydrogen) atoms. The second kappa shape index (κ2) is 7.06. The Hall–Kier alpha value is -3.04. The van der Waals surface area contributed by atoms with Crippen molar-refractivity contribution in [1.29, 1.82) is 0 Å². The van der Waals surface area contributed by atoms with E-state index < -0.39 is 0 Å². The molecule has 0 saturated carbocycles. The molecule has 0 N–H and O–H groups in total. The number of rotatable bonds is 4. The summed E-state index contributed by atoms with van der Waals surface area (Å²) in [5, 5.41) is 1.15. The van der Waals surface area contributed by atoms with Gasteiger partial charge in [0.15, 0.2) is 5.76 Å². The summed E-state index contributed by atoms with van der Waals surface area (Å²) in [5.74, 6) is 0.646. The van der Waals surface area contributed by atoms with Crippen molar-refractivity contribution in [3.8, 4) is 17.1 Å². The summed E-state index contributed by atoms with van der Waals surface area (Å²) in [4.78, 5) is 13.0. The molecule has 4 aromatic rings. The van der Waals surface area contributed by atoms with Crippen LogP contribution < -0.4 is 10.2 Å². The van der Waals surface area contributed by atoms with Gasteiger partial charge in [-0.3, -0.25) is 4.79 Å². The Balaban J connectivity index is 1.81. The summed E-state index contributed by atoms with van der Waals surface area (Å²) in [6.45, 7) is 0.250. The lowest BCUT2D eigenvalue weighted by Crippen LogP contribution is -2.10. The standard InChI is InChI=1S/C22H15ClO3/c23-17-12-10-15(11-13-17)14-25-22-20(24)18-8-4-5-9-19(18)26-21(22)16-6-2-1-3-7-16/h1-13H,14H2. The quantitative estimate of drug-likeness (QED) is 0.468. The highest BCUT2D eigenvalue weighted by molar-refractivity contribution is 6.30. The Bertz CT molecular complexity index is 1100. The van der Waals surface area contributed by atoms with Crippen LogP contribution in [0.3, 0.4) is 0 Å². The van der Waals surface area contributed by atoms with Crippen molar-refractivity contribution in [1.82, 2.24) is 0 Å². The van der Waals surface area contributed by atoms with E-state index in [2.05, 4.69) is 0 Å². The van der Waals surface area contributed by atoms with E-state index in [1.54, 1.807) is 24.3 Å². The molecule has 0 atom stereocenters. The van der Waals surface area contributed by atoms with Crippen LogP contribution in [0.25, 0.3) is 22.3 Å². The van der Waals surface area contributed by atoms with Crippen LogP contribution in [0.5, 0.6) is 5.75 Å². The van der Waals surface area contributed by atoms with Gasteiger partial charge < -0.3 is 9.15 Å². The second-order valence-electron chi connectivity index (χ2n) is 5.87. The first kappa shape index (κ1) is 16.4. The third-order valence-corrected chi connectivity index (χ3v) is 4.34. The highest BCUT2D eigenvalue weighted by Crippen LogP contribution is 2.31. The second-order valence-corrected chi connectivity index (χ2v) is 6.30. The van der Waals surface area contributed by atoms with E-state index in [0.717, 1.165) is 11.1 Å². The molecule has 1 heterocycles. The molecule has 4 rings (SSSR count). The molecule has 0 aliphatic carbocycles. The van der Waals surface area contributed by atoms with Crippen molar-refractivity contribution in [2.24, 2.45) is 0 Å². The minimum Gasteiger partial charge on any atom is -0.481 e. The van der Waals surface area contributed by atoms with Gasteiger partial charge in [0.25, 0.3) is 0 Å². The molecule has 0 amide bonds. The van der Waals surface area contributed by atoms with Crippen molar-refractivity contribution in [3.05, 3.63) is 99.7 Å². The highest BCUT2D eigenvalue weighted by Gasteiger charge is 2.17. The summed E-state index contributed by atoms with van der Waals surface area (Å²) in [7, 11) is 0. The fraction of sp³-hybridized carbons (Fsp3) is 0.0455. The SMILES string of the molecule is O=c1c(OCc2ccc(Cl)cc2)c(-c2ccccc2)oc2ccccc12. The van der Waals surface area contributed by atoms with Gasteiger partial charge in [-0.15, -0.1) is 0 Å². The minimum absolute atomic E-state index is 0.181. The third kappa shape index (κ3) is 3.22. The number of fused-ring (bicyclic) bond motifs is 1. The molecule has 0 saturated heterocycles. The van der Waals surface area contributed by atoms with Crippen LogP contribution >= 0.6 is 11.6 Å². The number of ether oxygens (including phenoxy) is 1. The molecule has 1 aromatic heterocycles. The highest BCUT2D eigenvalue weighted by atomic mass is 35.5. The summed E-state index contributed by atoms with van der Waals surface area (Å²) in [6, 6.07) is 24.0. The van der Waals surface area contributed by atoms with Crippen molar-refractivity contribution in [2.75, 3.05) is 0 Å². The molecular formula is C22H15ClO3. The monoisotopic (exact) mass is 362 g/mol. The van der Waals surface area contributed by atoms with Crippen molar-refractivity contribution < 1.29 is 9.15 Å². The lowest BCUT2D eigenvalue weighted by Gasteiger charge is -2.12. The van der Waals surface area contributed by atoms with Crippen LogP contribution in [0.2, 0.25) is 5.02 Å². The number of halogens is 1. The largest absolute Gasteiger partial charge is 0.481 e. The molecule has 0 radical (unpaired) electrons. The smallest absolute Gasteiger partial charge is 0.235 e. The molecule has 0 unspecified atom stereocenters. The van der Waals surface area contributed by atoms with E-state index in [-0.39, 0.29) is 17.8 Å². The number of hydrogen-bond acceptors (Lipinski definition) is 3. The molecule has 3 nitrogen and oxygen atoms in total. The van der Waals surface area contributed by atoms with Gasteiger partial charge in [-0.05, 0) is 29.8 Å². The van der Waals surface area contributed by atoms with Crippen molar-refractivity contribution in [3.63, 3.8) is 0 Å². The Morgan fingerprint density at radius 2 is 1.54 bits per heavy atom. The van der Waals surface area contributed by atoms with Crippen LogP contribution in [0.4, 0.5) is 0 Å². The van der Waals surface area contributed by atoms with Gasteiger partial charge in [-0.2, -0.15) is 0 Å². The van der Waals surface area contributed by atoms with E-state index in [0.29, 0.717) is 21.8 Å². The van der Waals surface area contributed by atoms with Crippen LogP contribution in [0.15, 0.2) is 88.1 Å². The zero-order chi connectivity index (χ0) is 17.9. The third-order valence-electron chi connectivity index (χ3n) is 4.09. The van der Waals surface area contributed by atoms with Gasteiger partial charge in [0.05, 0.1) is 5.39 Å². The van der Waals surface area contributed by atoms with Gasteiger partial charge in [0.1, 0.15) is 12.2 Å². The fourth-order valence-corrected chi connectivity index (χ4v) is 2.90. The van der Waals surface area contributed by atoms with Gasteiger partial charge >= 0.3 is 0 Å². The molecule has 128 valence electrons. The Kier molecular flexibility index (Phi) is 4.46. The van der Waals surface area contributed by atoms with Crippen LogP contribution in [-0.2, 0) is 6.61 Å². The zero-order valence-corrected chi connectivity index (χ0v) is 14.6. The van der Waals surface area contributed by atoms with Crippen LogP contribution in [0.1, 0.15) is 5.56 Å². The first-order valence-corrected chi connectivity index (χ1v) is 8.59. The lowest BCUT2D eigenvalue weighted by atomic mass is 10.1. The normalized spacial score (nSPS) is 10.8. The summed E-state index contributed by atoms with van der Waals surface area (Å²) in [6.07, 6.45) is 0. The first-order chi connectivity index (χ1) is 12.7. The van der Waals surface area contributed by atoms with Gasteiger partial charge in [0, 0.05) is 10.6 Å². The maximum Gasteiger partial charge on any atom is 0.235 e. The molecule has 3 aromatic carbocycles. The Morgan fingerprint density at radius 1 is 0.846 bits per heavy atom. The molecule has 4 heteroatoms. The maximum atomic E-state index is 13.0. The van der Waals surface area contributed by atoms with Crippen molar-refractivity contribution >= 4 is 22.6 Å². The topological polar surface area (TPSA) is 39.4 Å². The molecule has 0 fully saturated rings. The van der Waals surface area contributed by atoms with Crippen LogP contribution in [0, 0.1) is 0 Å². The molecule has 0 spiro atoms. The molecule has 0 aliphatic heterocycles. The molecular weight excluding hydrogens is 348 g/mol. The van der Waals surface area contributed by atoms with Crippen LogP contribution in [-0.4, -0.2) is 0 Å². The van der Waals surface area contributed by atoms with E-state index in [4.69, 9.17) is 20.8 Å². The maximum absolute atomic E-state index is 13.0. The number of benzene rings is 3. The number of para-hydroxylation sites is 1. The van der Waals surface area contributed by atoms with E-state index in [9.17, 15) is 4.79 Å². The van der Waals surface area contributed by atoms with E-state index >= 15 is 0 Å². The average molecular weight is 363 g/mol. The van der Waals surface area contributed by atoms with Gasteiger partial charge in [-0.25, -0.2) is 0 Å². The molecule has 0 bridgehead atoms. The van der Waals surface area contributed by atoms with Gasteiger partial charge in [-0.1, -0.05) is 66.2 Å². The fourth-order valence-electron chi connectivity index (χ4n) is 2.77. The minimum atomic E-state index is -0.181. The summed E-state index contributed by atoms with van der Waals surface area (Å²) >= 11 is 5.92. The van der Waals surface area contributed by atoms with Crippen molar-refractivity contribution in [2.45, 2.75) is 6.61 Å². The Labute approximate surface area is 155 Å². The van der Waals surface area contributed by atoms with E-state index in [1.165, 1.54) is 0 Å². The zero-order valence-electron chi connectivity index (χ0n) is 13.8. The predicted molar refractivity (Wildman–Crippen MR) is 104 cm³/mol. The van der Waals surface area contributed by atoms with Gasteiger partial charge in [0.2, 0.25) is 11.2 Å². The number of hydrogen-bond donors (Lipinski definition) is 0. The summed E-state index contributed by atoms with van der Waals surface area (Å²) < 4.78 is 11.9. The lowest BCUT2D eigenvalue weighted by molar-refractivity contribution is 0.298. The Morgan fingerprint density at radius 3 is 2.31 bits per heavy atom. The molecule has 0 aliphatic rings. The predicted octanol–water partition coefficient (Wildman–Crippen LogP) is 5.69.